The van der Waals surface area contributed by atoms with Gasteiger partial charge in [-0.3, -0.25) is 16.0 Å². The van der Waals surface area contributed by atoms with Crippen molar-refractivity contribution in [1.29, 1.82) is 0 Å². The van der Waals surface area contributed by atoms with Crippen molar-refractivity contribution >= 4 is 11.5 Å². The molecule has 0 saturated heterocycles. The van der Waals surface area contributed by atoms with Crippen LogP contribution in [0.2, 0.25) is 0 Å². The molecule has 2 aromatic heterocycles. The number of hydrogen-bond acceptors (Lipinski definition) is 6. The standard InChI is InChI=1S/C10H16N6S/c1-3-16-6-8(5-12-16)4-9(13-11)10-7(2)14-15-17-10/h5-6,9,13H,3-4,11H2,1-2H3. The van der Waals surface area contributed by atoms with Gasteiger partial charge in [0.05, 0.1) is 22.8 Å². The molecule has 2 aromatic rings. The molecule has 0 radical (unpaired) electrons. The van der Waals surface area contributed by atoms with Crippen LogP contribution < -0.4 is 11.3 Å². The fourth-order valence-corrected chi connectivity index (χ4v) is 2.41. The first kappa shape index (κ1) is 12.2. The molecule has 2 rings (SSSR count). The molecule has 0 amide bonds. The van der Waals surface area contributed by atoms with E-state index in [0.717, 1.165) is 29.1 Å². The van der Waals surface area contributed by atoms with Crippen molar-refractivity contribution in [2.75, 3.05) is 0 Å². The summed E-state index contributed by atoms with van der Waals surface area (Å²) in [7, 11) is 0. The van der Waals surface area contributed by atoms with E-state index in [1.54, 1.807) is 0 Å². The average molecular weight is 252 g/mol. The van der Waals surface area contributed by atoms with Crippen LogP contribution in [0.15, 0.2) is 12.4 Å². The fraction of sp³-hybridized carbons (Fsp3) is 0.500. The molecule has 0 aliphatic rings. The van der Waals surface area contributed by atoms with E-state index in [0.29, 0.717) is 0 Å². The largest absolute Gasteiger partial charge is 0.273 e. The summed E-state index contributed by atoms with van der Waals surface area (Å²) >= 11 is 1.38. The molecule has 0 aliphatic carbocycles. The summed E-state index contributed by atoms with van der Waals surface area (Å²) < 4.78 is 5.83. The predicted octanol–water partition coefficient (Wildman–Crippen LogP) is 0.810. The molecule has 92 valence electrons. The molecule has 0 fully saturated rings. The second kappa shape index (κ2) is 5.35. The maximum Gasteiger partial charge on any atom is 0.0773 e. The number of nitrogens with zero attached hydrogens (tertiary/aromatic N) is 4. The summed E-state index contributed by atoms with van der Waals surface area (Å²) in [4.78, 5) is 1.08. The van der Waals surface area contributed by atoms with Gasteiger partial charge in [-0.2, -0.15) is 5.10 Å². The third-order valence-corrected chi connectivity index (χ3v) is 3.59. The Hall–Kier alpha value is -1.31. The fourth-order valence-electron chi connectivity index (χ4n) is 1.70. The van der Waals surface area contributed by atoms with E-state index < -0.39 is 0 Å². The van der Waals surface area contributed by atoms with Crippen molar-refractivity contribution in [3.05, 3.63) is 28.5 Å². The smallest absolute Gasteiger partial charge is 0.0773 e. The molecule has 0 aromatic carbocycles. The summed E-state index contributed by atoms with van der Waals surface area (Å²) in [6, 6.07) is 0.0458. The van der Waals surface area contributed by atoms with Gasteiger partial charge in [0, 0.05) is 12.7 Å². The van der Waals surface area contributed by atoms with Crippen molar-refractivity contribution in [3.8, 4) is 0 Å². The highest BCUT2D eigenvalue weighted by atomic mass is 32.1. The summed E-state index contributed by atoms with van der Waals surface area (Å²) in [5.41, 5.74) is 4.90. The van der Waals surface area contributed by atoms with Gasteiger partial charge < -0.3 is 0 Å². The molecule has 0 saturated carbocycles. The minimum Gasteiger partial charge on any atom is -0.273 e. The van der Waals surface area contributed by atoms with Crippen LogP contribution in [-0.4, -0.2) is 19.4 Å². The third-order valence-electron chi connectivity index (χ3n) is 2.65. The molecule has 0 bridgehead atoms. The molecule has 17 heavy (non-hydrogen) atoms. The SMILES string of the molecule is CCn1cc(CC(NN)c2snnc2C)cn1. The van der Waals surface area contributed by atoms with Crippen molar-refractivity contribution in [1.82, 2.24) is 24.8 Å². The van der Waals surface area contributed by atoms with E-state index in [1.807, 2.05) is 24.0 Å². The third kappa shape index (κ3) is 2.68. The number of rotatable bonds is 5. The van der Waals surface area contributed by atoms with Gasteiger partial charge in [-0.15, -0.1) is 5.10 Å². The lowest BCUT2D eigenvalue weighted by Gasteiger charge is -2.12. The van der Waals surface area contributed by atoms with Crippen LogP contribution in [0.3, 0.4) is 0 Å². The van der Waals surface area contributed by atoms with Crippen molar-refractivity contribution < 1.29 is 0 Å². The molecular weight excluding hydrogens is 236 g/mol. The highest BCUT2D eigenvalue weighted by molar-refractivity contribution is 7.05. The molecule has 3 N–H and O–H groups in total. The van der Waals surface area contributed by atoms with Crippen LogP contribution in [0.4, 0.5) is 0 Å². The Labute approximate surface area is 104 Å². The Balaban J connectivity index is 2.12. The highest BCUT2D eigenvalue weighted by Crippen LogP contribution is 2.22. The normalized spacial score (nSPS) is 12.9. The van der Waals surface area contributed by atoms with Crippen molar-refractivity contribution in [3.63, 3.8) is 0 Å². The zero-order valence-corrected chi connectivity index (χ0v) is 10.7. The molecule has 1 unspecified atom stereocenters. The first-order chi connectivity index (χ1) is 8.24. The van der Waals surface area contributed by atoms with Crippen LogP contribution in [0.5, 0.6) is 0 Å². The van der Waals surface area contributed by atoms with Gasteiger partial charge >= 0.3 is 0 Å². The predicted molar refractivity (Wildman–Crippen MR) is 66.3 cm³/mol. The molecule has 6 nitrogen and oxygen atoms in total. The molecule has 0 aliphatic heterocycles. The Kier molecular flexibility index (Phi) is 3.82. The Morgan fingerprint density at radius 2 is 2.41 bits per heavy atom. The summed E-state index contributed by atoms with van der Waals surface area (Å²) in [6.07, 6.45) is 4.70. The van der Waals surface area contributed by atoms with Crippen LogP contribution in [0.1, 0.15) is 29.1 Å². The monoisotopic (exact) mass is 252 g/mol. The van der Waals surface area contributed by atoms with Gasteiger partial charge in [-0.05, 0) is 37.4 Å². The first-order valence-corrected chi connectivity index (χ1v) is 6.28. The second-order valence-corrected chi connectivity index (χ2v) is 4.64. The van der Waals surface area contributed by atoms with Crippen LogP contribution in [0, 0.1) is 6.92 Å². The van der Waals surface area contributed by atoms with E-state index in [4.69, 9.17) is 5.84 Å². The van der Waals surface area contributed by atoms with Gasteiger partial charge in [0.2, 0.25) is 0 Å². The van der Waals surface area contributed by atoms with E-state index >= 15 is 0 Å². The maximum absolute atomic E-state index is 5.59. The van der Waals surface area contributed by atoms with E-state index in [9.17, 15) is 0 Å². The van der Waals surface area contributed by atoms with E-state index in [2.05, 4.69) is 27.0 Å². The van der Waals surface area contributed by atoms with Gasteiger partial charge in [-0.25, -0.2) is 0 Å². The summed E-state index contributed by atoms with van der Waals surface area (Å²) in [5, 5.41) is 8.25. The van der Waals surface area contributed by atoms with Crippen molar-refractivity contribution in [2.24, 2.45) is 5.84 Å². The minimum absolute atomic E-state index is 0.0458. The molecule has 7 heteroatoms. The van der Waals surface area contributed by atoms with E-state index in [-0.39, 0.29) is 6.04 Å². The van der Waals surface area contributed by atoms with Crippen LogP contribution in [-0.2, 0) is 13.0 Å². The van der Waals surface area contributed by atoms with Crippen LogP contribution >= 0.6 is 11.5 Å². The second-order valence-electron chi connectivity index (χ2n) is 3.85. The average Bonchev–Trinajstić information content (AvgIpc) is 2.95. The van der Waals surface area contributed by atoms with Gasteiger partial charge in [0.25, 0.3) is 0 Å². The number of aromatic nitrogens is 4. The number of hydrogen-bond donors (Lipinski definition) is 2. The zero-order valence-electron chi connectivity index (χ0n) is 9.92. The van der Waals surface area contributed by atoms with Crippen LogP contribution in [0.25, 0.3) is 0 Å². The lowest BCUT2D eigenvalue weighted by Crippen LogP contribution is -2.29. The Morgan fingerprint density at radius 3 is 2.94 bits per heavy atom. The van der Waals surface area contributed by atoms with Crippen molar-refractivity contribution in [2.45, 2.75) is 32.9 Å². The lowest BCUT2D eigenvalue weighted by molar-refractivity contribution is 0.556. The van der Waals surface area contributed by atoms with Gasteiger partial charge in [0.1, 0.15) is 0 Å². The minimum atomic E-state index is 0.0458. The number of hydrazine groups is 1. The number of nitrogens with one attached hydrogen (secondary N) is 1. The number of nitrogens with two attached hydrogens (primary N) is 1. The molecule has 0 spiro atoms. The first-order valence-electron chi connectivity index (χ1n) is 5.51. The molecule has 1 atom stereocenters. The number of aryl methyl sites for hydroxylation is 2. The lowest BCUT2D eigenvalue weighted by atomic mass is 10.1. The van der Waals surface area contributed by atoms with E-state index in [1.165, 1.54) is 11.5 Å². The topological polar surface area (TPSA) is 81.7 Å². The van der Waals surface area contributed by atoms with Gasteiger partial charge in [-0.1, -0.05) is 4.49 Å². The zero-order chi connectivity index (χ0) is 12.3. The maximum atomic E-state index is 5.59. The Morgan fingerprint density at radius 1 is 1.59 bits per heavy atom. The molecular formula is C10H16N6S. The summed E-state index contributed by atoms with van der Waals surface area (Å²) in [6.45, 7) is 4.88. The Bertz CT molecular complexity index is 477. The highest BCUT2D eigenvalue weighted by Gasteiger charge is 2.17. The summed E-state index contributed by atoms with van der Waals surface area (Å²) in [5.74, 6) is 5.59. The quantitative estimate of drug-likeness (QED) is 0.608. The van der Waals surface area contributed by atoms with Gasteiger partial charge in [0.15, 0.2) is 0 Å². The molecule has 2 heterocycles.